The number of hydrogen-bond donors (Lipinski definition) is 1. The van der Waals surface area contributed by atoms with E-state index in [-0.39, 0.29) is 0 Å². The maximum absolute atomic E-state index is 9.72. The van der Waals surface area contributed by atoms with Crippen molar-refractivity contribution >= 4 is 6.08 Å². The Morgan fingerprint density at radius 1 is 1.50 bits per heavy atom. The fraction of sp³-hybridized carbons (Fsp3) is 0.667. The lowest BCUT2D eigenvalue weighted by molar-refractivity contribution is 0.436. The van der Waals surface area contributed by atoms with Gasteiger partial charge in [-0.15, -0.1) is 0 Å². The first kappa shape index (κ1) is 9.17. The van der Waals surface area contributed by atoms with Crippen molar-refractivity contribution in [1.82, 2.24) is 5.32 Å². The smallest absolute Gasteiger partial charge is 0.235 e. The number of isocyanates is 1. The van der Waals surface area contributed by atoms with Gasteiger partial charge in [0.2, 0.25) is 6.08 Å². The van der Waals surface area contributed by atoms with E-state index >= 15 is 0 Å². The molecule has 1 aliphatic heterocycles. The van der Waals surface area contributed by atoms with Crippen LogP contribution in [0.15, 0.2) is 17.1 Å². The summed E-state index contributed by atoms with van der Waals surface area (Å²) >= 11 is 0. The summed E-state index contributed by atoms with van der Waals surface area (Å²) in [5, 5.41) is 3.30. The Labute approximate surface area is 72.6 Å². The molecule has 12 heavy (non-hydrogen) atoms. The number of nitrogens with zero attached hydrogens (tertiary/aromatic N) is 1. The van der Waals surface area contributed by atoms with Crippen molar-refractivity contribution in [1.29, 1.82) is 0 Å². The molecular formula is C9H14N2O. The van der Waals surface area contributed by atoms with Gasteiger partial charge in [0.05, 0.1) is 6.54 Å². The van der Waals surface area contributed by atoms with E-state index in [0.29, 0.717) is 12.5 Å². The van der Waals surface area contributed by atoms with E-state index in [2.05, 4.69) is 16.4 Å². The quantitative estimate of drug-likeness (QED) is 0.384. The highest BCUT2D eigenvalue weighted by Crippen LogP contribution is 2.12. The molecule has 1 saturated heterocycles. The molecular weight excluding hydrogens is 152 g/mol. The fourth-order valence-electron chi connectivity index (χ4n) is 1.38. The molecule has 0 aromatic carbocycles. The summed E-state index contributed by atoms with van der Waals surface area (Å²) in [6, 6.07) is 0. The summed E-state index contributed by atoms with van der Waals surface area (Å²) in [4.78, 5) is 13.2. The van der Waals surface area contributed by atoms with Crippen LogP contribution >= 0.6 is 0 Å². The zero-order valence-corrected chi connectivity index (χ0v) is 7.12. The number of nitrogens with one attached hydrogen (secondary N) is 1. The van der Waals surface area contributed by atoms with Crippen LogP contribution in [0.5, 0.6) is 0 Å². The second-order valence-corrected chi connectivity index (χ2v) is 2.95. The molecule has 0 unspecified atom stereocenters. The van der Waals surface area contributed by atoms with E-state index in [4.69, 9.17) is 0 Å². The lowest BCUT2D eigenvalue weighted by Crippen LogP contribution is -2.26. The minimum absolute atomic E-state index is 0.480. The van der Waals surface area contributed by atoms with Crippen LogP contribution < -0.4 is 5.32 Å². The van der Waals surface area contributed by atoms with Gasteiger partial charge < -0.3 is 5.32 Å². The second kappa shape index (κ2) is 5.70. The van der Waals surface area contributed by atoms with Crippen molar-refractivity contribution in [2.24, 2.45) is 10.9 Å². The average molecular weight is 166 g/mol. The normalized spacial score (nSPS) is 19.3. The SMILES string of the molecule is O=C=NC/C=C\C1CCNCC1. The Bertz CT molecular complexity index is 189. The molecule has 1 rings (SSSR count). The first-order valence-electron chi connectivity index (χ1n) is 4.34. The number of carbonyl (C=O) groups excluding carboxylic acids is 1. The first-order valence-corrected chi connectivity index (χ1v) is 4.34. The fourth-order valence-corrected chi connectivity index (χ4v) is 1.38. The molecule has 0 aliphatic carbocycles. The minimum atomic E-state index is 0.480. The third kappa shape index (κ3) is 3.46. The Morgan fingerprint density at radius 2 is 2.25 bits per heavy atom. The molecule has 3 nitrogen and oxygen atoms in total. The molecule has 0 saturated carbocycles. The van der Waals surface area contributed by atoms with Gasteiger partial charge in [-0.05, 0) is 31.8 Å². The van der Waals surface area contributed by atoms with Crippen LogP contribution in [-0.4, -0.2) is 25.7 Å². The zero-order chi connectivity index (χ0) is 8.65. The van der Waals surface area contributed by atoms with Gasteiger partial charge in [0, 0.05) is 0 Å². The summed E-state index contributed by atoms with van der Waals surface area (Å²) < 4.78 is 0. The summed E-state index contributed by atoms with van der Waals surface area (Å²) in [5.41, 5.74) is 0. The Hall–Kier alpha value is -0.920. The largest absolute Gasteiger partial charge is 0.317 e. The molecule has 0 atom stereocenters. The van der Waals surface area contributed by atoms with Crippen molar-refractivity contribution in [3.8, 4) is 0 Å². The molecule has 0 aromatic heterocycles. The van der Waals surface area contributed by atoms with Crippen LogP contribution in [0, 0.1) is 5.92 Å². The van der Waals surface area contributed by atoms with E-state index in [9.17, 15) is 4.79 Å². The van der Waals surface area contributed by atoms with Crippen LogP contribution in [0.25, 0.3) is 0 Å². The molecule has 3 heteroatoms. The molecule has 1 fully saturated rings. The maximum atomic E-state index is 9.72. The summed E-state index contributed by atoms with van der Waals surface area (Å²) in [7, 11) is 0. The number of rotatable bonds is 3. The van der Waals surface area contributed by atoms with E-state index in [0.717, 1.165) is 13.1 Å². The third-order valence-corrected chi connectivity index (χ3v) is 2.05. The summed E-state index contributed by atoms with van der Waals surface area (Å²) in [6.45, 7) is 2.69. The third-order valence-electron chi connectivity index (χ3n) is 2.05. The topological polar surface area (TPSA) is 41.5 Å². The van der Waals surface area contributed by atoms with E-state index < -0.39 is 0 Å². The van der Waals surface area contributed by atoms with Gasteiger partial charge in [0.15, 0.2) is 0 Å². The molecule has 0 aromatic rings. The van der Waals surface area contributed by atoms with Gasteiger partial charge >= 0.3 is 0 Å². The number of hydrogen-bond acceptors (Lipinski definition) is 3. The minimum Gasteiger partial charge on any atom is -0.317 e. The van der Waals surface area contributed by atoms with Crippen molar-refractivity contribution < 1.29 is 4.79 Å². The van der Waals surface area contributed by atoms with Crippen LogP contribution in [0.4, 0.5) is 0 Å². The highest BCUT2D eigenvalue weighted by atomic mass is 16.1. The van der Waals surface area contributed by atoms with Gasteiger partial charge in [0.25, 0.3) is 0 Å². The maximum Gasteiger partial charge on any atom is 0.235 e. The van der Waals surface area contributed by atoms with Crippen LogP contribution in [0.3, 0.4) is 0 Å². The van der Waals surface area contributed by atoms with Gasteiger partial charge in [0.1, 0.15) is 0 Å². The first-order chi connectivity index (χ1) is 5.93. The predicted octanol–water partition coefficient (Wildman–Crippen LogP) is 0.878. The van der Waals surface area contributed by atoms with E-state index in [1.807, 2.05) is 6.08 Å². The second-order valence-electron chi connectivity index (χ2n) is 2.95. The molecule has 1 heterocycles. The van der Waals surface area contributed by atoms with E-state index in [1.165, 1.54) is 18.9 Å². The Morgan fingerprint density at radius 3 is 2.92 bits per heavy atom. The predicted molar refractivity (Wildman–Crippen MR) is 47.7 cm³/mol. The van der Waals surface area contributed by atoms with Crippen molar-refractivity contribution in [2.45, 2.75) is 12.8 Å². The lowest BCUT2D eigenvalue weighted by atomic mass is 9.98. The lowest BCUT2D eigenvalue weighted by Gasteiger charge is -2.18. The van der Waals surface area contributed by atoms with Crippen LogP contribution in [0.1, 0.15) is 12.8 Å². The van der Waals surface area contributed by atoms with E-state index in [1.54, 1.807) is 0 Å². The monoisotopic (exact) mass is 166 g/mol. The number of piperidine rings is 1. The molecule has 0 radical (unpaired) electrons. The molecule has 1 N–H and O–H groups in total. The molecule has 66 valence electrons. The molecule has 0 amide bonds. The highest BCUT2D eigenvalue weighted by Gasteiger charge is 2.08. The average Bonchev–Trinajstić information content (AvgIpc) is 2.14. The van der Waals surface area contributed by atoms with Crippen molar-refractivity contribution in [3.63, 3.8) is 0 Å². The summed E-state index contributed by atoms with van der Waals surface area (Å²) in [6.07, 6.45) is 8.01. The van der Waals surface area contributed by atoms with Gasteiger partial charge in [-0.25, -0.2) is 9.79 Å². The van der Waals surface area contributed by atoms with Gasteiger partial charge in [-0.3, -0.25) is 0 Å². The highest BCUT2D eigenvalue weighted by molar-refractivity contribution is 5.33. The summed E-state index contributed by atoms with van der Waals surface area (Å²) in [5.74, 6) is 0.674. The zero-order valence-electron chi connectivity index (χ0n) is 7.12. The van der Waals surface area contributed by atoms with Crippen molar-refractivity contribution in [3.05, 3.63) is 12.2 Å². The molecule has 0 bridgehead atoms. The van der Waals surface area contributed by atoms with Crippen LogP contribution in [-0.2, 0) is 4.79 Å². The molecule has 1 aliphatic rings. The number of aliphatic imine (C=N–C) groups is 1. The van der Waals surface area contributed by atoms with Crippen molar-refractivity contribution in [2.75, 3.05) is 19.6 Å². The molecule has 0 spiro atoms. The Kier molecular flexibility index (Phi) is 4.35. The van der Waals surface area contributed by atoms with Crippen LogP contribution in [0.2, 0.25) is 0 Å². The standard InChI is InChI=1S/C9H14N2O/c12-8-11-5-1-2-9-3-6-10-7-4-9/h1-2,9-10H,3-7H2/b2-1-. The number of allylic oxidation sites excluding steroid dienone is 1. The Balaban J connectivity index is 2.19. The van der Waals surface area contributed by atoms with Gasteiger partial charge in [-0.2, -0.15) is 0 Å². The van der Waals surface area contributed by atoms with Gasteiger partial charge in [-0.1, -0.05) is 12.2 Å².